The first-order valence-electron chi connectivity index (χ1n) is 5.57. The van der Waals surface area contributed by atoms with Gasteiger partial charge in [-0.1, -0.05) is 12.1 Å². The highest BCUT2D eigenvalue weighted by Crippen LogP contribution is 2.22. The number of para-hydroxylation sites is 1. The number of fused-ring (bicyclic) bond motifs is 1. The minimum Gasteiger partial charge on any atom is -0.491 e. The standard InChI is InChI=1S/C13H13NO4/c1-9(15)14-6-7-17-12-8-13(16)18-11-5-3-2-4-10(11)12/h2-5,8H,6-7H2,1H3,(H,14,15). The van der Waals surface area contributed by atoms with Crippen LogP contribution in [0.5, 0.6) is 5.75 Å². The summed E-state index contributed by atoms with van der Waals surface area (Å²) >= 11 is 0. The van der Waals surface area contributed by atoms with Crippen LogP contribution in [-0.2, 0) is 4.79 Å². The molecular formula is C13H13NO4. The molecule has 5 nitrogen and oxygen atoms in total. The number of ether oxygens (including phenoxy) is 1. The van der Waals surface area contributed by atoms with Gasteiger partial charge in [0.15, 0.2) is 0 Å². The Morgan fingerprint density at radius 2 is 2.17 bits per heavy atom. The highest BCUT2D eigenvalue weighted by molar-refractivity contribution is 5.82. The summed E-state index contributed by atoms with van der Waals surface area (Å²) in [4.78, 5) is 22.0. The van der Waals surface area contributed by atoms with Gasteiger partial charge in [-0.25, -0.2) is 4.79 Å². The summed E-state index contributed by atoms with van der Waals surface area (Å²) in [7, 11) is 0. The van der Waals surface area contributed by atoms with Crippen molar-refractivity contribution in [2.24, 2.45) is 0 Å². The highest BCUT2D eigenvalue weighted by Gasteiger charge is 2.05. The van der Waals surface area contributed by atoms with Crippen LogP contribution in [0, 0.1) is 0 Å². The Balaban J connectivity index is 2.17. The van der Waals surface area contributed by atoms with Crippen LogP contribution in [0.2, 0.25) is 0 Å². The molecule has 0 radical (unpaired) electrons. The molecule has 1 heterocycles. The van der Waals surface area contributed by atoms with E-state index in [1.54, 1.807) is 12.1 Å². The maximum atomic E-state index is 11.3. The number of amides is 1. The second-order valence-electron chi connectivity index (χ2n) is 3.76. The van der Waals surface area contributed by atoms with E-state index in [2.05, 4.69) is 5.32 Å². The maximum Gasteiger partial charge on any atom is 0.339 e. The van der Waals surface area contributed by atoms with Gasteiger partial charge in [0.05, 0.1) is 18.0 Å². The van der Waals surface area contributed by atoms with E-state index < -0.39 is 5.63 Å². The molecule has 2 rings (SSSR count). The predicted octanol–water partition coefficient (Wildman–Crippen LogP) is 1.31. The second-order valence-corrected chi connectivity index (χ2v) is 3.76. The van der Waals surface area contributed by atoms with Crippen LogP contribution in [0.3, 0.4) is 0 Å². The van der Waals surface area contributed by atoms with Gasteiger partial charge in [0.2, 0.25) is 5.91 Å². The Morgan fingerprint density at radius 3 is 2.94 bits per heavy atom. The van der Waals surface area contributed by atoms with Gasteiger partial charge in [-0.15, -0.1) is 0 Å². The van der Waals surface area contributed by atoms with Crippen LogP contribution in [0.4, 0.5) is 0 Å². The average Bonchev–Trinajstić information content (AvgIpc) is 2.34. The van der Waals surface area contributed by atoms with E-state index in [1.165, 1.54) is 13.0 Å². The molecule has 0 aliphatic rings. The zero-order valence-electron chi connectivity index (χ0n) is 9.93. The fourth-order valence-corrected chi connectivity index (χ4v) is 1.59. The first-order valence-corrected chi connectivity index (χ1v) is 5.57. The molecule has 1 amide bonds. The van der Waals surface area contributed by atoms with E-state index in [-0.39, 0.29) is 5.91 Å². The quantitative estimate of drug-likeness (QED) is 0.653. The van der Waals surface area contributed by atoms with Crippen LogP contribution < -0.4 is 15.7 Å². The maximum absolute atomic E-state index is 11.3. The van der Waals surface area contributed by atoms with Crippen molar-refractivity contribution in [2.75, 3.05) is 13.2 Å². The molecule has 1 aromatic carbocycles. The summed E-state index contributed by atoms with van der Waals surface area (Å²) in [6, 6.07) is 8.44. The van der Waals surface area contributed by atoms with Crippen LogP contribution >= 0.6 is 0 Å². The van der Waals surface area contributed by atoms with Crippen molar-refractivity contribution < 1.29 is 13.9 Å². The molecule has 0 spiro atoms. The first-order chi connectivity index (χ1) is 8.66. The third-order valence-corrected chi connectivity index (χ3v) is 2.35. The molecule has 2 aromatic rings. The molecule has 18 heavy (non-hydrogen) atoms. The Morgan fingerprint density at radius 1 is 1.39 bits per heavy atom. The Bertz CT molecular complexity index is 618. The SMILES string of the molecule is CC(=O)NCCOc1cc(=O)oc2ccccc12. The summed E-state index contributed by atoms with van der Waals surface area (Å²) in [6.07, 6.45) is 0. The molecule has 1 aromatic heterocycles. The summed E-state index contributed by atoms with van der Waals surface area (Å²) in [5, 5.41) is 3.35. The van der Waals surface area contributed by atoms with Gasteiger partial charge >= 0.3 is 5.63 Å². The highest BCUT2D eigenvalue weighted by atomic mass is 16.5. The normalized spacial score (nSPS) is 10.3. The van der Waals surface area contributed by atoms with E-state index in [1.807, 2.05) is 12.1 Å². The molecule has 0 aliphatic heterocycles. The molecule has 0 fully saturated rings. The predicted molar refractivity (Wildman–Crippen MR) is 66.7 cm³/mol. The van der Waals surface area contributed by atoms with Gasteiger partial charge in [0, 0.05) is 6.92 Å². The van der Waals surface area contributed by atoms with Crippen LogP contribution in [0.25, 0.3) is 11.0 Å². The number of benzene rings is 1. The van der Waals surface area contributed by atoms with Gasteiger partial charge in [-0.3, -0.25) is 4.79 Å². The molecule has 0 unspecified atom stereocenters. The van der Waals surface area contributed by atoms with Crippen molar-refractivity contribution in [1.82, 2.24) is 5.32 Å². The first kappa shape index (κ1) is 12.2. The van der Waals surface area contributed by atoms with Crippen molar-refractivity contribution in [3.05, 3.63) is 40.8 Å². The summed E-state index contributed by atoms with van der Waals surface area (Å²) in [5.74, 6) is 0.350. The molecule has 0 aliphatic carbocycles. The number of nitrogens with one attached hydrogen (secondary N) is 1. The molecule has 0 saturated carbocycles. The molecular weight excluding hydrogens is 234 g/mol. The lowest BCUT2D eigenvalue weighted by molar-refractivity contribution is -0.119. The third-order valence-electron chi connectivity index (χ3n) is 2.35. The molecule has 0 bridgehead atoms. The minimum absolute atomic E-state index is 0.115. The van der Waals surface area contributed by atoms with Gasteiger partial charge < -0.3 is 14.5 Å². The largest absolute Gasteiger partial charge is 0.491 e. The number of carbonyl (C=O) groups excluding carboxylic acids is 1. The third kappa shape index (κ3) is 2.88. The van der Waals surface area contributed by atoms with Gasteiger partial charge in [-0.2, -0.15) is 0 Å². The van der Waals surface area contributed by atoms with Gasteiger partial charge in [0.25, 0.3) is 0 Å². The fraction of sp³-hybridized carbons (Fsp3) is 0.231. The van der Waals surface area contributed by atoms with Crippen molar-refractivity contribution in [2.45, 2.75) is 6.92 Å². The van der Waals surface area contributed by atoms with Crippen LogP contribution in [0.15, 0.2) is 39.5 Å². The summed E-state index contributed by atoms with van der Waals surface area (Å²) in [6.45, 7) is 2.13. The molecule has 94 valence electrons. The molecule has 5 heteroatoms. The lowest BCUT2D eigenvalue weighted by atomic mass is 10.2. The van der Waals surface area contributed by atoms with E-state index >= 15 is 0 Å². The number of hydrogen-bond acceptors (Lipinski definition) is 4. The fourth-order valence-electron chi connectivity index (χ4n) is 1.59. The Kier molecular flexibility index (Phi) is 3.62. The summed E-state index contributed by atoms with van der Waals surface area (Å²) in [5.41, 5.74) is 0.0303. The van der Waals surface area contributed by atoms with Crippen molar-refractivity contribution in [1.29, 1.82) is 0 Å². The minimum atomic E-state index is -0.455. The number of hydrogen-bond donors (Lipinski definition) is 1. The second kappa shape index (κ2) is 5.35. The van der Waals surface area contributed by atoms with E-state index in [0.29, 0.717) is 24.5 Å². The molecule has 0 saturated heterocycles. The monoisotopic (exact) mass is 247 g/mol. The van der Waals surface area contributed by atoms with Crippen LogP contribution in [0.1, 0.15) is 6.92 Å². The van der Waals surface area contributed by atoms with Crippen molar-refractivity contribution in [3.63, 3.8) is 0 Å². The molecule has 1 N–H and O–H groups in total. The topological polar surface area (TPSA) is 68.5 Å². The van der Waals surface area contributed by atoms with Gasteiger partial charge in [0.1, 0.15) is 17.9 Å². The lowest BCUT2D eigenvalue weighted by Gasteiger charge is -2.08. The average molecular weight is 247 g/mol. The smallest absolute Gasteiger partial charge is 0.339 e. The van der Waals surface area contributed by atoms with Crippen LogP contribution in [-0.4, -0.2) is 19.1 Å². The van der Waals surface area contributed by atoms with Crippen molar-refractivity contribution in [3.8, 4) is 5.75 Å². The zero-order chi connectivity index (χ0) is 13.0. The summed E-state index contributed by atoms with van der Waals surface area (Å²) < 4.78 is 10.5. The van der Waals surface area contributed by atoms with E-state index in [0.717, 1.165) is 5.39 Å². The van der Waals surface area contributed by atoms with Gasteiger partial charge in [-0.05, 0) is 12.1 Å². The zero-order valence-corrected chi connectivity index (χ0v) is 9.93. The lowest BCUT2D eigenvalue weighted by Crippen LogP contribution is -2.25. The van der Waals surface area contributed by atoms with E-state index in [4.69, 9.17) is 9.15 Å². The number of carbonyl (C=O) groups is 1. The van der Waals surface area contributed by atoms with Crippen molar-refractivity contribution >= 4 is 16.9 Å². The Hall–Kier alpha value is -2.30. The van der Waals surface area contributed by atoms with E-state index in [9.17, 15) is 9.59 Å². The molecule has 0 atom stereocenters. The number of rotatable bonds is 4. The Labute approximate surface area is 103 Å².